The number of benzene rings is 2. The second-order valence-corrected chi connectivity index (χ2v) is 12.5. The van der Waals surface area contributed by atoms with Crippen LogP contribution in [0.1, 0.15) is 43.4 Å². The Hall–Kier alpha value is -3.64. The SMILES string of the molecule is Cc1cc(-c2nc3c4c(nc(OCC56CCCN5CCC6)nc4c2F)N2CC(F)NC(F)C2CC3)c2c(F)c(F)ccc2c1. The number of nitrogens with zero attached hydrogens (tertiary/aromatic N) is 5. The number of anilines is 1. The molecule has 8 rings (SSSR count). The summed E-state index contributed by atoms with van der Waals surface area (Å²) in [4.78, 5) is 17.8. The minimum absolute atomic E-state index is 0.0811. The van der Waals surface area contributed by atoms with Gasteiger partial charge in [0.05, 0.1) is 29.2 Å². The molecule has 3 atom stereocenters. The summed E-state index contributed by atoms with van der Waals surface area (Å²) in [6.45, 7) is 3.85. The highest BCUT2D eigenvalue weighted by atomic mass is 19.2. The summed E-state index contributed by atoms with van der Waals surface area (Å²) in [6.07, 6.45) is 1.12. The molecular formula is C32H31F5N6O. The highest BCUT2D eigenvalue weighted by Gasteiger charge is 2.45. The minimum Gasteiger partial charge on any atom is -0.461 e. The Morgan fingerprint density at radius 2 is 1.80 bits per heavy atom. The molecule has 3 unspecified atom stereocenters. The van der Waals surface area contributed by atoms with Crippen LogP contribution in [0.3, 0.4) is 0 Å². The van der Waals surface area contributed by atoms with Gasteiger partial charge in [0.25, 0.3) is 0 Å². The van der Waals surface area contributed by atoms with Crippen LogP contribution in [0.15, 0.2) is 24.3 Å². The van der Waals surface area contributed by atoms with Crippen LogP contribution in [-0.2, 0) is 6.42 Å². The average molecular weight is 611 g/mol. The molecule has 3 fully saturated rings. The summed E-state index contributed by atoms with van der Waals surface area (Å²) >= 11 is 0. The molecule has 7 nitrogen and oxygen atoms in total. The number of halogens is 5. The molecule has 1 N–H and O–H groups in total. The second kappa shape index (κ2) is 10.2. The van der Waals surface area contributed by atoms with Gasteiger partial charge in [-0.25, -0.2) is 26.9 Å². The van der Waals surface area contributed by atoms with Crippen LogP contribution in [-0.4, -0.2) is 70.3 Å². The first-order valence-electron chi connectivity index (χ1n) is 15.2. The number of aromatic nitrogens is 3. The van der Waals surface area contributed by atoms with Crippen LogP contribution in [0.25, 0.3) is 32.9 Å². The lowest BCUT2D eigenvalue weighted by atomic mass is 9.95. The molecule has 44 heavy (non-hydrogen) atoms. The molecule has 0 bridgehead atoms. The van der Waals surface area contributed by atoms with Crippen molar-refractivity contribution >= 4 is 27.5 Å². The van der Waals surface area contributed by atoms with E-state index in [4.69, 9.17) is 4.74 Å². The van der Waals surface area contributed by atoms with Gasteiger partial charge in [0.2, 0.25) is 0 Å². The third-order valence-corrected chi connectivity index (χ3v) is 9.89. The van der Waals surface area contributed by atoms with Gasteiger partial charge in [-0.3, -0.25) is 10.2 Å². The van der Waals surface area contributed by atoms with Crippen molar-refractivity contribution in [2.24, 2.45) is 0 Å². The fourth-order valence-electron chi connectivity index (χ4n) is 7.86. The second-order valence-electron chi connectivity index (χ2n) is 12.5. The number of nitrogens with one attached hydrogen (secondary N) is 1. The van der Waals surface area contributed by atoms with E-state index in [1.807, 2.05) is 0 Å². The molecule has 0 aliphatic carbocycles. The number of hydrogen-bond donors (Lipinski definition) is 1. The summed E-state index contributed by atoms with van der Waals surface area (Å²) in [5.74, 6) is -2.87. The standard InChI is InChI=1S/C32H31F5N6O/c1-16-12-17-4-5-19(33)25(35)23(17)18(13-16)27-26(36)28-24-20(38-27)6-7-21-29(37)39-22(34)14-43(21)30(24)41-31(40-28)44-15-32-8-2-10-42(32)11-3-9-32/h4-5,12-13,21-22,29,39H,2-3,6-11,14-15H2,1H3. The topological polar surface area (TPSA) is 66.4 Å². The number of rotatable bonds is 4. The lowest BCUT2D eigenvalue weighted by molar-refractivity contribution is 0.104. The Morgan fingerprint density at radius 1 is 1.00 bits per heavy atom. The van der Waals surface area contributed by atoms with Gasteiger partial charge in [-0.1, -0.05) is 12.1 Å². The number of hydrogen-bond acceptors (Lipinski definition) is 7. The van der Waals surface area contributed by atoms with Gasteiger partial charge in [-0.2, -0.15) is 9.97 Å². The number of fused-ring (bicyclic) bond motifs is 4. The molecule has 12 heteroatoms. The normalized spacial score (nSPS) is 24.5. The first-order valence-corrected chi connectivity index (χ1v) is 15.2. The maximum Gasteiger partial charge on any atom is 0.319 e. The number of aryl methyl sites for hydroxylation is 2. The summed E-state index contributed by atoms with van der Waals surface area (Å²) in [5.41, 5.74) is 0.681. The van der Waals surface area contributed by atoms with Crippen molar-refractivity contribution in [2.45, 2.75) is 69.6 Å². The van der Waals surface area contributed by atoms with E-state index in [1.165, 1.54) is 11.0 Å². The van der Waals surface area contributed by atoms with E-state index in [0.717, 1.165) is 44.8 Å². The maximum absolute atomic E-state index is 16.8. The fourth-order valence-corrected chi connectivity index (χ4v) is 7.86. The molecule has 0 spiro atoms. The van der Waals surface area contributed by atoms with Gasteiger partial charge in [0.1, 0.15) is 23.6 Å². The van der Waals surface area contributed by atoms with Gasteiger partial charge in [0, 0.05) is 10.9 Å². The zero-order valence-corrected chi connectivity index (χ0v) is 24.1. The van der Waals surface area contributed by atoms with Gasteiger partial charge in [0.15, 0.2) is 30.0 Å². The predicted molar refractivity (Wildman–Crippen MR) is 156 cm³/mol. The summed E-state index contributed by atoms with van der Waals surface area (Å²) < 4.78 is 82.7. The highest BCUT2D eigenvalue weighted by Crippen LogP contribution is 2.43. The van der Waals surface area contributed by atoms with E-state index < -0.39 is 36.1 Å². The molecule has 2 aromatic carbocycles. The van der Waals surface area contributed by atoms with E-state index in [9.17, 15) is 8.78 Å². The molecule has 2 aromatic heterocycles. The highest BCUT2D eigenvalue weighted by molar-refractivity contribution is 6.01. The largest absolute Gasteiger partial charge is 0.461 e. The van der Waals surface area contributed by atoms with Crippen LogP contribution < -0.4 is 15.0 Å². The number of piperazine rings is 1. The summed E-state index contributed by atoms with van der Waals surface area (Å²) in [7, 11) is 0. The Kier molecular flexibility index (Phi) is 6.46. The Bertz CT molecular complexity index is 1810. The first kappa shape index (κ1) is 27.9. The molecule has 4 aromatic rings. The molecule has 0 amide bonds. The average Bonchev–Trinajstić information content (AvgIpc) is 3.54. The van der Waals surface area contributed by atoms with Crippen molar-refractivity contribution in [2.75, 3.05) is 31.1 Å². The van der Waals surface area contributed by atoms with Crippen LogP contribution in [0, 0.1) is 24.4 Å². The first-order chi connectivity index (χ1) is 21.2. The Balaban J connectivity index is 1.34. The van der Waals surface area contributed by atoms with E-state index in [0.29, 0.717) is 23.3 Å². The van der Waals surface area contributed by atoms with Crippen molar-refractivity contribution in [3.05, 3.63) is 53.0 Å². The maximum atomic E-state index is 16.8. The van der Waals surface area contributed by atoms with E-state index >= 15 is 13.2 Å². The van der Waals surface area contributed by atoms with Crippen LogP contribution in [0.2, 0.25) is 0 Å². The third kappa shape index (κ3) is 4.24. The molecular weight excluding hydrogens is 579 g/mol. The minimum atomic E-state index is -1.70. The predicted octanol–water partition coefficient (Wildman–Crippen LogP) is 5.89. The van der Waals surface area contributed by atoms with Gasteiger partial charge in [-0.15, -0.1) is 0 Å². The van der Waals surface area contributed by atoms with Crippen molar-refractivity contribution in [1.82, 2.24) is 25.2 Å². The molecule has 3 saturated heterocycles. The van der Waals surface area contributed by atoms with Gasteiger partial charge < -0.3 is 9.64 Å². The molecule has 0 radical (unpaired) electrons. The number of pyridine rings is 1. The monoisotopic (exact) mass is 610 g/mol. The van der Waals surface area contributed by atoms with Crippen molar-refractivity contribution in [3.63, 3.8) is 0 Å². The van der Waals surface area contributed by atoms with Crippen molar-refractivity contribution < 1.29 is 26.7 Å². The molecule has 6 heterocycles. The molecule has 230 valence electrons. The number of ether oxygens (including phenoxy) is 1. The van der Waals surface area contributed by atoms with Gasteiger partial charge >= 0.3 is 6.01 Å². The van der Waals surface area contributed by atoms with Crippen molar-refractivity contribution in [3.8, 4) is 17.3 Å². The van der Waals surface area contributed by atoms with Crippen molar-refractivity contribution in [1.29, 1.82) is 0 Å². The van der Waals surface area contributed by atoms with E-state index in [-0.39, 0.29) is 64.3 Å². The van der Waals surface area contributed by atoms with E-state index in [1.54, 1.807) is 19.1 Å². The Labute approximate surface area is 250 Å². The lowest BCUT2D eigenvalue weighted by Gasteiger charge is -2.40. The summed E-state index contributed by atoms with van der Waals surface area (Å²) in [6, 6.07) is 4.84. The van der Waals surface area contributed by atoms with Crippen LogP contribution >= 0.6 is 0 Å². The summed E-state index contributed by atoms with van der Waals surface area (Å²) in [5, 5.41) is 2.87. The molecule has 4 aliphatic heterocycles. The molecule has 0 saturated carbocycles. The quantitative estimate of drug-likeness (QED) is 0.228. The zero-order chi connectivity index (χ0) is 30.3. The van der Waals surface area contributed by atoms with Crippen LogP contribution in [0.4, 0.5) is 27.8 Å². The lowest BCUT2D eigenvalue weighted by Crippen LogP contribution is -2.59. The fraction of sp³-hybridized carbons (Fsp3) is 0.469. The zero-order valence-electron chi connectivity index (χ0n) is 24.1. The molecule has 4 aliphatic rings. The third-order valence-electron chi connectivity index (χ3n) is 9.89. The Morgan fingerprint density at radius 3 is 2.59 bits per heavy atom. The smallest absolute Gasteiger partial charge is 0.319 e. The van der Waals surface area contributed by atoms with E-state index in [2.05, 4.69) is 25.2 Å². The number of alkyl halides is 2. The van der Waals surface area contributed by atoms with Gasteiger partial charge in [-0.05, 0) is 81.6 Å². The van der Waals surface area contributed by atoms with Crippen LogP contribution in [0.5, 0.6) is 6.01 Å².